The van der Waals surface area contributed by atoms with E-state index in [0.717, 1.165) is 22.3 Å². The number of halogens is 1. The third kappa shape index (κ3) is 3.57. The first-order chi connectivity index (χ1) is 14.6. The summed E-state index contributed by atoms with van der Waals surface area (Å²) in [6.45, 7) is 0.734. The smallest absolute Gasteiger partial charge is 0.304 e. The number of fused-ring (bicyclic) bond motifs is 2. The molecular weight excluding hydrogens is 404 g/mol. The van der Waals surface area contributed by atoms with Gasteiger partial charge in [-0.3, -0.25) is 4.79 Å². The molecule has 1 N–H and O–H groups in total. The van der Waals surface area contributed by atoms with Crippen LogP contribution in [-0.4, -0.2) is 24.3 Å². The van der Waals surface area contributed by atoms with Gasteiger partial charge in [0.1, 0.15) is 12.4 Å². The van der Waals surface area contributed by atoms with Gasteiger partial charge in [0, 0.05) is 22.6 Å². The molecule has 0 aliphatic carbocycles. The van der Waals surface area contributed by atoms with Crippen molar-refractivity contribution in [1.29, 1.82) is 0 Å². The molecule has 2 aliphatic heterocycles. The van der Waals surface area contributed by atoms with Crippen molar-refractivity contribution in [2.75, 3.05) is 13.2 Å². The average molecular weight is 423 g/mol. The van der Waals surface area contributed by atoms with Gasteiger partial charge in [-0.05, 0) is 41.0 Å². The number of rotatable bonds is 4. The zero-order valence-corrected chi connectivity index (χ0v) is 16.8. The molecule has 5 rings (SSSR count). The molecule has 30 heavy (non-hydrogen) atoms. The van der Waals surface area contributed by atoms with Crippen LogP contribution in [0.4, 0.5) is 0 Å². The van der Waals surface area contributed by atoms with Crippen LogP contribution in [0.1, 0.15) is 29.6 Å². The van der Waals surface area contributed by atoms with Crippen molar-refractivity contribution in [3.05, 3.63) is 76.8 Å². The topological polar surface area (TPSA) is 65.0 Å². The zero-order valence-electron chi connectivity index (χ0n) is 16.0. The number of ether oxygens (including phenoxy) is 3. The lowest BCUT2D eigenvalue weighted by atomic mass is 9.97. The third-order valence-corrected chi connectivity index (χ3v) is 5.72. The maximum atomic E-state index is 11.1. The van der Waals surface area contributed by atoms with Crippen molar-refractivity contribution in [3.63, 3.8) is 0 Å². The summed E-state index contributed by atoms with van der Waals surface area (Å²) in [6, 6.07) is 19.5. The van der Waals surface area contributed by atoms with Crippen LogP contribution in [0.15, 0.2) is 60.7 Å². The number of hydrogen-bond acceptors (Lipinski definition) is 4. The molecule has 0 bridgehead atoms. The lowest BCUT2D eigenvalue weighted by Crippen LogP contribution is -2.21. The molecule has 2 aliphatic rings. The molecule has 0 unspecified atom stereocenters. The monoisotopic (exact) mass is 422 g/mol. The number of carboxylic acid groups (broad SMARTS) is 1. The fourth-order valence-corrected chi connectivity index (χ4v) is 4.07. The van der Waals surface area contributed by atoms with Gasteiger partial charge in [-0.2, -0.15) is 0 Å². The van der Waals surface area contributed by atoms with Crippen molar-refractivity contribution < 1.29 is 24.1 Å². The first-order valence-corrected chi connectivity index (χ1v) is 10.1. The van der Waals surface area contributed by atoms with E-state index < -0.39 is 5.97 Å². The second-order valence-corrected chi connectivity index (χ2v) is 7.93. The third-order valence-electron chi connectivity index (χ3n) is 5.47. The van der Waals surface area contributed by atoms with Crippen LogP contribution in [0.2, 0.25) is 5.02 Å². The average Bonchev–Trinajstić information content (AvgIpc) is 3.13. The van der Waals surface area contributed by atoms with Crippen LogP contribution in [0.5, 0.6) is 17.2 Å². The maximum Gasteiger partial charge on any atom is 0.304 e. The minimum absolute atomic E-state index is 0.0345. The SMILES string of the molecule is O=C(O)C[C@@H]1COc2cc3c(cc21)OC[C@@H](c1cccc(-c2ccc(Cl)cc2)c1)O3. The quantitative estimate of drug-likeness (QED) is 0.604. The van der Waals surface area contributed by atoms with Gasteiger partial charge >= 0.3 is 5.97 Å². The van der Waals surface area contributed by atoms with Gasteiger partial charge in [-0.25, -0.2) is 0 Å². The summed E-state index contributed by atoms with van der Waals surface area (Å²) in [5.41, 5.74) is 4.03. The van der Waals surface area contributed by atoms with Crippen LogP contribution in [0.25, 0.3) is 11.1 Å². The molecule has 6 heteroatoms. The molecule has 2 atom stereocenters. The predicted octanol–water partition coefficient (Wildman–Crippen LogP) is 5.47. The lowest BCUT2D eigenvalue weighted by Gasteiger charge is -2.27. The van der Waals surface area contributed by atoms with Crippen molar-refractivity contribution >= 4 is 17.6 Å². The van der Waals surface area contributed by atoms with Crippen molar-refractivity contribution in [1.82, 2.24) is 0 Å². The van der Waals surface area contributed by atoms with Gasteiger partial charge in [0.15, 0.2) is 17.6 Å². The van der Waals surface area contributed by atoms with Gasteiger partial charge in [0.05, 0.1) is 13.0 Å². The number of carbonyl (C=O) groups is 1. The molecular formula is C24H19ClO5. The van der Waals surface area contributed by atoms with E-state index in [-0.39, 0.29) is 18.4 Å². The number of hydrogen-bond donors (Lipinski definition) is 1. The summed E-state index contributed by atoms with van der Waals surface area (Å²) in [7, 11) is 0. The zero-order chi connectivity index (χ0) is 20.7. The van der Waals surface area contributed by atoms with Crippen LogP contribution in [0, 0.1) is 0 Å². The minimum Gasteiger partial charge on any atom is -0.492 e. The molecule has 2 heterocycles. The maximum absolute atomic E-state index is 11.1. The van der Waals surface area contributed by atoms with Crippen LogP contribution in [0.3, 0.4) is 0 Å². The summed E-state index contributed by atoms with van der Waals surface area (Å²) < 4.78 is 17.9. The van der Waals surface area contributed by atoms with E-state index in [1.165, 1.54) is 0 Å². The van der Waals surface area contributed by atoms with E-state index in [1.807, 2.05) is 54.6 Å². The highest BCUT2D eigenvalue weighted by Gasteiger charge is 2.31. The van der Waals surface area contributed by atoms with E-state index in [9.17, 15) is 4.79 Å². The fourth-order valence-electron chi connectivity index (χ4n) is 3.94. The fraction of sp³-hybridized carbons (Fsp3) is 0.208. The first-order valence-electron chi connectivity index (χ1n) is 9.75. The molecule has 0 amide bonds. The second kappa shape index (κ2) is 7.58. The largest absolute Gasteiger partial charge is 0.492 e. The van der Waals surface area contributed by atoms with Crippen molar-refractivity contribution in [3.8, 4) is 28.4 Å². The molecule has 0 saturated heterocycles. The van der Waals surface area contributed by atoms with Gasteiger partial charge in [-0.15, -0.1) is 0 Å². The highest BCUT2D eigenvalue weighted by Crippen LogP contribution is 2.46. The lowest BCUT2D eigenvalue weighted by molar-refractivity contribution is -0.137. The Morgan fingerprint density at radius 3 is 2.53 bits per heavy atom. The van der Waals surface area contributed by atoms with Crippen molar-refractivity contribution in [2.45, 2.75) is 18.4 Å². The molecule has 0 saturated carbocycles. The van der Waals surface area contributed by atoms with Gasteiger partial charge in [0.2, 0.25) is 0 Å². The number of benzene rings is 3. The Hall–Kier alpha value is -3.18. The predicted molar refractivity (Wildman–Crippen MR) is 113 cm³/mol. The number of carboxylic acids is 1. The van der Waals surface area contributed by atoms with Crippen LogP contribution >= 0.6 is 11.6 Å². The van der Waals surface area contributed by atoms with Crippen molar-refractivity contribution in [2.24, 2.45) is 0 Å². The van der Waals surface area contributed by atoms with E-state index in [0.29, 0.717) is 35.5 Å². The Kier molecular flexibility index (Phi) is 4.75. The van der Waals surface area contributed by atoms with Gasteiger partial charge in [-0.1, -0.05) is 41.9 Å². The standard InChI is InChI=1S/C24H19ClO5/c25-18-6-4-14(5-7-18)15-2-1-3-16(8-15)23-13-29-21-10-19-17(9-24(26)27)12-28-20(19)11-22(21)30-23/h1-8,10-11,17,23H,9,12-13H2,(H,26,27)/t17-,23+/m1/s1. The van der Waals surface area contributed by atoms with E-state index in [1.54, 1.807) is 0 Å². The molecule has 3 aromatic carbocycles. The summed E-state index contributed by atoms with van der Waals surface area (Å²) in [5, 5.41) is 9.80. The minimum atomic E-state index is -0.841. The summed E-state index contributed by atoms with van der Waals surface area (Å²) >= 11 is 6.00. The Morgan fingerprint density at radius 1 is 0.933 bits per heavy atom. The highest BCUT2D eigenvalue weighted by molar-refractivity contribution is 6.30. The van der Waals surface area contributed by atoms with Gasteiger partial charge in [0.25, 0.3) is 0 Å². The summed E-state index contributed by atoms with van der Waals surface area (Å²) in [4.78, 5) is 11.1. The highest BCUT2D eigenvalue weighted by atomic mass is 35.5. The summed E-state index contributed by atoms with van der Waals surface area (Å²) in [6.07, 6.45) is -0.216. The number of aliphatic carboxylic acids is 1. The first kappa shape index (κ1) is 18.8. The Bertz CT molecular complexity index is 1110. The molecule has 0 fully saturated rings. The van der Waals surface area contributed by atoms with E-state index in [2.05, 4.69) is 6.07 Å². The molecule has 5 nitrogen and oxygen atoms in total. The normalized spacial score (nSPS) is 19.1. The molecule has 0 aromatic heterocycles. The van der Waals surface area contributed by atoms with Gasteiger partial charge < -0.3 is 19.3 Å². The Morgan fingerprint density at radius 2 is 1.73 bits per heavy atom. The van der Waals surface area contributed by atoms with Crippen LogP contribution in [-0.2, 0) is 4.79 Å². The second-order valence-electron chi connectivity index (χ2n) is 7.49. The molecule has 0 spiro atoms. The van der Waals surface area contributed by atoms with E-state index in [4.69, 9.17) is 30.9 Å². The molecule has 3 aromatic rings. The Balaban J connectivity index is 1.39. The summed E-state index contributed by atoms with van der Waals surface area (Å²) in [5.74, 6) is 0.893. The molecule has 0 radical (unpaired) electrons. The van der Waals surface area contributed by atoms with E-state index >= 15 is 0 Å². The van der Waals surface area contributed by atoms with Crippen LogP contribution < -0.4 is 14.2 Å². The molecule has 152 valence electrons. The Labute approximate surface area is 178 Å².